The average Bonchev–Trinajstić information content (AvgIpc) is 2.21. The third-order valence-electron chi connectivity index (χ3n) is 1.50. The highest BCUT2D eigenvalue weighted by molar-refractivity contribution is 9.10. The van der Waals surface area contributed by atoms with E-state index in [0.29, 0.717) is 5.69 Å². The number of alkyl halides is 1. The maximum absolute atomic E-state index is 11.2. The Balaban J connectivity index is 2.59. The molecule has 0 unspecified atom stereocenters. The van der Waals surface area contributed by atoms with Gasteiger partial charge in [-0.25, -0.2) is 4.79 Å². The molecule has 80 valence electrons. The van der Waals surface area contributed by atoms with Crippen molar-refractivity contribution < 1.29 is 9.59 Å². The molecule has 1 aromatic rings. The maximum Gasteiger partial charge on any atom is 0.325 e. The molecule has 1 rings (SSSR count). The largest absolute Gasteiger partial charge is 0.325 e. The van der Waals surface area contributed by atoms with Crippen molar-refractivity contribution in [3.63, 3.8) is 0 Å². The molecule has 0 aliphatic rings. The van der Waals surface area contributed by atoms with Gasteiger partial charge in [-0.3, -0.25) is 10.1 Å². The Hall–Kier alpha value is -1.07. The van der Waals surface area contributed by atoms with E-state index < -0.39 is 11.9 Å². The van der Waals surface area contributed by atoms with Gasteiger partial charge in [0.2, 0.25) is 5.91 Å². The van der Waals surface area contributed by atoms with Crippen LogP contribution >= 0.6 is 27.5 Å². The minimum Gasteiger partial charge on any atom is -0.307 e. The monoisotopic (exact) mass is 290 g/mol. The van der Waals surface area contributed by atoms with E-state index in [9.17, 15) is 9.59 Å². The molecule has 15 heavy (non-hydrogen) atoms. The number of urea groups is 1. The van der Waals surface area contributed by atoms with Gasteiger partial charge in [0.05, 0.1) is 5.69 Å². The van der Waals surface area contributed by atoms with Crippen LogP contribution in [-0.4, -0.2) is 17.8 Å². The fourth-order valence-corrected chi connectivity index (χ4v) is 1.33. The predicted octanol–water partition coefficient (Wildman–Crippen LogP) is 2.34. The van der Waals surface area contributed by atoms with Gasteiger partial charge in [-0.05, 0) is 28.1 Å². The van der Waals surface area contributed by atoms with Crippen LogP contribution in [0.25, 0.3) is 0 Å². The summed E-state index contributed by atoms with van der Waals surface area (Å²) in [5.41, 5.74) is 0.581. The molecule has 2 N–H and O–H groups in total. The van der Waals surface area contributed by atoms with Crippen molar-refractivity contribution in [3.05, 3.63) is 28.7 Å². The zero-order valence-corrected chi connectivity index (χ0v) is 9.93. The van der Waals surface area contributed by atoms with Gasteiger partial charge < -0.3 is 5.32 Å². The first-order valence-electron chi connectivity index (χ1n) is 4.05. The standard InChI is InChI=1S/C9H8BrClN2O2/c10-6-3-1-2-4-7(6)12-9(15)13-8(14)5-11/h1-4H,5H2,(H2,12,13,14,15). The summed E-state index contributed by atoms with van der Waals surface area (Å²) in [6, 6.07) is 6.46. The van der Waals surface area contributed by atoms with Crippen LogP contribution in [0, 0.1) is 0 Å². The zero-order chi connectivity index (χ0) is 11.3. The van der Waals surface area contributed by atoms with Gasteiger partial charge >= 0.3 is 6.03 Å². The third kappa shape index (κ3) is 3.89. The Morgan fingerprint density at radius 2 is 2.00 bits per heavy atom. The number of amides is 3. The molecule has 0 aromatic heterocycles. The SMILES string of the molecule is O=C(CCl)NC(=O)Nc1ccccc1Br. The highest BCUT2D eigenvalue weighted by Gasteiger charge is 2.07. The lowest BCUT2D eigenvalue weighted by atomic mass is 10.3. The van der Waals surface area contributed by atoms with Crippen LogP contribution in [0.4, 0.5) is 10.5 Å². The molecule has 0 aliphatic heterocycles. The van der Waals surface area contributed by atoms with Crippen molar-refractivity contribution in [2.75, 3.05) is 11.2 Å². The first kappa shape index (κ1) is 12.0. The summed E-state index contributed by atoms with van der Waals surface area (Å²) < 4.78 is 0.735. The molecule has 0 saturated heterocycles. The van der Waals surface area contributed by atoms with Crippen molar-refractivity contribution in [3.8, 4) is 0 Å². The number of anilines is 1. The van der Waals surface area contributed by atoms with Crippen LogP contribution in [0.2, 0.25) is 0 Å². The summed E-state index contributed by atoms with van der Waals surface area (Å²) in [5, 5.41) is 4.56. The summed E-state index contributed by atoms with van der Waals surface area (Å²) in [4.78, 5) is 22.0. The quantitative estimate of drug-likeness (QED) is 0.822. The Morgan fingerprint density at radius 1 is 1.33 bits per heavy atom. The number of imide groups is 1. The van der Waals surface area contributed by atoms with E-state index in [0.717, 1.165) is 4.47 Å². The van der Waals surface area contributed by atoms with E-state index in [1.165, 1.54) is 0 Å². The number of carbonyl (C=O) groups excluding carboxylic acids is 2. The van der Waals surface area contributed by atoms with Gasteiger partial charge in [-0.2, -0.15) is 0 Å². The Labute approximate surface area is 100 Å². The molecule has 0 heterocycles. The number of benzene rings is 1. The van der Waals surface area contributed by atoms with Crippen LogP contribution in [0.3, 0.4) is 0 Å². The first-order chi connectivity index (χ1) is 7.13. The van der Waals surface area contributed by atoms with Gasteiger partial charge in [-0.1, -0.05) is 12.1 Å². The fraction of sp³-hybridized carbons (Fsp3) is 0.111. The molecule has 1 aromatic carbocycles. The van der Waals surface area contributed by atoms with Crippen LogP contribution < -0.4 is 10.6 Å². The lowest BCUT2D eigenvalue weighted by Crippen LogP contribution is -2.35. The molecule has 0 fully saturated rings. The van der Waals surface area contributed by atoms with Gasteiger partial charge in [0, 0.05) is 4.47 Å². The predicted molar refractivity (Wildman–Crippen MR) is 62.0 cm³/mol. The van der Waals surface area contributed by atoms with Crippen molar-refractivity contribution in [1.82, 2.24) is 5.32 Å². The second kappa shape index (κ2) is 5.72. The van der Waals surface area contributed by atoms with Crippen LogP contribution in [0.15, 0.2) is 28.7 Å². The molecular weight excluding hydrogens is 283 g/mol. The number of para-hydroxylation sites is 1. The van der Waals surface area contributed by atoms with Gasteiger partial charge in [0.25, 0.3) is 0 Å². The second-order valence-corrected chi connectivity index (χ2v) is 3.74. The van der Waals surface area contributed by atoms with Crippen LogP contribution in [0.1, 0.15) is 0 Å². The Morgan fingerprint density at radius 3 is 2.60 bits per heavy atom. The van der Waals surface area contributed by atoms with Crippen molar-refractivity contribution in [2.24, 2.45) is 0 Å². The molecule has 3 amide bonds. The van der Waals surface area contributed by atoms with Crippen molar-refractivity contribution in [2.45, 2.75) is 0 Å². The van der Waals surface area contributed by atoms with Crippen molar-refractivity contribution in [1.29, 1.82) is 0 Å². The minimum absolute atomic E-state index is 0.247. The summed E-state index contributed by atoms with van der Waals surface area (Å²) in [6.45, 7) is 0. The molecule has 4 nitrogen and oxygen atoms in total. The van der Waals surface area contributed by atoms with E-state index in [1.54, 1.807) is 18.2 Å². The number of halogens is 2. The van der Waals surface area contributed by atoms with E-state index in [2.05, 4.69) is 26.6 Å². The normalized spacial score (nSPS) is 9.47. The van der Waals surface area contributed by atoms with E-state index in [-0.39, 0.29) is 5.88 Å². The number of carbonyl (C=O) groups is 2. The average molecular weight is 292 g/mol. The van der Waals surface area contributed by atoms with Gasteiger partial charge in [0.1, 0.15) is 5.88 Å². The molecule has 0 atom stereocenters. The highest BCUT2D eigenvalue weighted by atomic mass is 79.9. The summed E-state index contributed by atoms with van der Waals surface area (Å²) in [5.74, 6) is -0.787. The summed E-state index contributed by atoms with van der Waals surface area (Å²) in [6.07, 6.45) is 0. The number of hydrogen-bond donors (Lipinski definition) is 2. The summed E-state index contributed by atoms with van der Waals surface area (Å²) >= 11 is 8.48. The number of hydrogen-bond acceptors (Lipinski definition) is 2. The minimum atomic E-state index is -0.604. The fourth-order valence-electron chi connectivity index (χ4n) is 0.876. The lowest BCUT2D eigenvalue weighted by molar-refractivity contribution is -0.117. The first-order valence-corrected chi connectivity index (χ1v) is 5.37. The van der Waals surface area contributed by atoms with Gasteiger partial charge in [0.15, 0.2) is 0 Å². The smallest absolute Gasteiger partial charge is 0.307 e. The number of rotatable bonds is 2. The lowest BCUT2D eigenvalue weighted by Gasteiger charge is -2.06. The van der Waals surface area contributed by atoms with E-state index in [4.69, 9.17) is 11.6 Å². The third-order valence-corrected chi connectivity index (χ3v) is 2.43. The van der Waals surface area contributed by atoms with Crippen molar-refractivity contribution >= 4 is 45.2 Å². The second-order valence-electron chi connectivity index (χ2n) is 2.62. The Kier molecular flexibility index (Phi) is 4.58. The molecule has 0 saturated carbocycles. The van der Waals surface area contributed by atoms with Crippen LogP contribution in [-0.2, 0) is 4.79 Å². The number of nitrogens with one attached hydrogen (secondary N) is 2. The zero-order valence-electron chi connectivity index (χ0n) is 7.59. The van der Waals surface area contributed by atoms with E-state index in [1.807, 2.05) is 6.07 Å². The maximum atomic E-state index is 11.2. The Bertz CT molecular complexity index is 384. The molecule has 0 radical (unpaired) electrons. The van der Waals surface area contributed by atoms with Gasteiger partial charge in [-0.15, -0.1) is 11.6 Å². The summed E-state index contributed by atoms with van der Waals surface area (Å²) in [7, 11) is 0. The molecular formula is C9H8BrClN2O2. The molecule has 0 bridgehead atoms. The molecule has 0 aliphatic carbocycles. The van der Waals surface area contributed by atoms with Crippen LogP contribution in [0.5, 0.6) is 0 Å². The highest BCUT2D eigenvalue weighted by Crippen LogP contribution is 2.20. The van der Waals surface area contributed by atoms with E-state index >= 15 is 0 Å². The molecule has 6 heteroatoms. The molecule has 0 spiro atoms. The topological polar surface area (TPSA) is 58.2 Å².